The maximum absolute atomic E-state index is 12.0. The van der Waals surface area contributed by atoms with Crippen LogP contribution in [-0.2, 0) is 16.1 Å². The van der Waals surface area contributed by atoms with Gasteiger partial charge in [0.2, 0.25) is 0 Å². The van der Waals surface area contributed by atoms with Crippen LogP contribution in [0.3, 0.4) is 0 Å². The predicted molar refractivity (Wildman–Crippen MR) is 107 cm³/mol. The summed E-state index contributed by atoms with van der Waals surface area (Å²) in [5, 5.41) is 8.60. The van der Waals surface area contributed by atoms with E-state index in [9.17, 15) is 14.4 Å². The minimum Gasteiger partial charge on any atom is -0.452 e. The minimum atomic E-state index is -0.608. The van der Waals surface area contributed by atoms with Gasteiger partial charge in [0.05, 0.1) is 5.56 Å². The Morgan fingerprint density at radius 2 is 1.64 bits per heavy atom. The summed E-state index contributed by atoms with van der Waals surface area (Å²) in [7, 11) is 0. The first-order valence-electron chi connectivity index (χ1n) is 8.69. The van der Waals surface area contributed by atoms with Gasteiger partial charge in [0.25, 0.3) is 5.91 Å². The molecule has 7 nitrogen and oxygen atoms in total. The molecule has 2 rings (SSSR count). The molecule has 0 aliphatic carbocycles. The molecule has 8 heteroatoms. The van der Waals surface area contributed by atoms with Crippen LogP contribution in [-0.4, -0.2) is 30.6 Å². The minimum absolute atomic E-state index is 0.0500. The van der Waals surface area contributed by atoms with E-state index < -0.39 is 18.5 Å². The standard InChI is InChI=1S/C20H22ClN3O4/c1-13(2)23-20(27)22-11-14-3-5-15(6-4-14)19(26)28-12-18(25)24-17-9-7-16(21)8-10-17/h3-10,13H,11-12H2,1-2H3,(H,24,25)(H2,22,23,27). The fourth-order valence-corrected chi connectivity index (χ4v) is 2.32. The number of rotatable bonds is 7. The Kier molecular flexibility index (Phi) is 7.83. The van der Waals surface area contributed by atoms with E-state index in [2.05, 4.69) is 16.0 Å². The van der Waals surface area contributed by atoms with Gasteiger partial charge in [-0.3, -0.25) is 4.79 Å². The predicted octanol–water partition coefficient (Wildman–Crippen LogP) is 3.34. The molecule has 0 atom stereocenters. The van der Waals surface area contributed by atoms with E-state index in [1.807, 2.05) is 13.8 Å². The molecule has 0 aromatic heterocycles. The maximum atomic E-state index is 12.0. The van der Waals surface area contributed by atoms with Crippen molar-refractivity contribution < 1.29 is 19.1 Å². The van der Waals surface area contributed by atoms with Crippen LogP contribution in [0.25, 0.3) is 0 Å². The first-order valence-corrected chi connectivity index (χ1v) is 9.07. The smallest absolute Gasteiger partial charge is 0.338 e. The number of esters is 1. The first-order chi connectivity index (χ1) is 13.3. The van der Waals surface area contributed by atoms with Gasteiger partial charge in [-0.05, 0) is 55.8 Å². The van der Waals surface area contributed by atoms with Crippen LogP contribution in [0.15, 0.2) is 48.5 Å². The van der Waals surface area contributed by atoms with Crippen LogP contribution in [0, 0.1) is 0 Å². The number of carbonyl (C=O) groups is 3. The Hall–Kier alpha value is -3.06. The van der Waals surface area contributed by atoms with Gasteiger partial charge in [-0.1, -0.05) is 23.7 Å². The zero-order chi connectivity index (χ0) is 20.5. The van der Waals surface area contributed by atoms with E-state index in [1.165, 1.54) is 0 Å². The molecular formula is C20H22ClN3O4. The van der Waals surface area contributed by atoms with Crippen molar-refractivity contribution in [2.45, 2.75) is 26.4 Å². The zero-order valence-electron chi connectivity index (χ0n) is 15.6. The molecule has 0 saturated heterocycles. The first kappa shape index (κ1) is 21.2. The molecule has 0 radical (unpaired) electrons. The van der Waals surface area contributed by atoms with Gasteiger partial charge in [0.15, 0.2) is 6.61 Å². The third-order valence-electron chi connectivity index (χ3n) is 3.52. The highest BCUT2D eigenvalue weighted by atomic mass is 35.5. The largest absolute Gasteiger partial charge is 0.452 e. The fraction of sp³-hybridized carbons (Fsp3) is 0.250. The molecule has 0 aliphatic rings. The van der Waals surface area contributed by atoms with Crippen molar-refractivity contribution in [3.05, 3.63) is 64.7 Å². The zero-order valence-corrected chi connectivity index (χ0v) is 16.4. The van der Waals surface area contributed by atoms with Crippen LogP contribution >= 0.6 is 11.6 Å². The lowest BCUT2D eigenvalue weighted by molar-refractivity contribution is -0.119. The van der Waals surface area contributed by atoms with Gasteiger partial charge in [0.1, 0.15) is 0 Å². The van der Waals surface area contributed by atoms with Crippen molar-refractivity contribution in [2.24, 2.45) is 0 Å². The van der Waals surface area contributed by atoms with Crippen LogP contribution < -0.4 is 16.0 Å². The summed E-state index contributed by atoms with van der Waals surface area (Å²) < 4.78 is 5.01. The second-order valence-corrected chi connectivity index (χ2v) is 6.75. The van der Waals surface area contributed by atoms with E-state index in [4.69, 9.17) is 16.3 Å². The number of ether oxygens (including phenoxy) is 1. The lowest BCUT2D eigenvalue weighted by Crippen LogP contribution is -2.39. The topological polar surface area (TPSA) is 96.5 Å². The second kappa shape index (κ2) is 10.3. The summed E-state index contributed by atoms with van der Waals surface area (Å²) in [6.45, 7) is 3.67. The van der Waals surface area contributed by atoms with Gasteiger partial charge in [-0.15, -0.1) is 0 Å². The molecule has 2 aromatic carbocycles. The van der Waals surface area contributed by atoms with Gasteiger partial charge in [-0.25, -0.2) is 9.59 Å². The number of carbonyl (C=O) groups excluding carboxylic acids is 3. The number of nitrogens with one attached hydrogen (secondary N) is 3. The van der Waals surface area contributed by atoms with E-state index in [-0.39, 0.29) is 12.1 Å². The highest BCUT2D eigenvalue weighted by Crippen LogP contribution is 2.13. The highest BCUT2D eigenvalue weighted by Gasteiger charge is 2.11. The van der Waals surface area contributed by atoms with E-state index in [1.54, 1.807) is 48.5 Å². The molecule has 3 N–H and O–H groups in total. The van der Waals surface area contributed by atoms with Gasteiger partial charge >= 0.3 is 12.0 Å². The van der Waals surface area contributed by atoms with Crippen LogP contribution in [0.2, 0.25) is 5.02 Å². The van der Waals surface area contributed by atoms with Crippen molar-refractivity contribution in [1.29, 1.82) is 0 Å². The summed E-state index contributed by atoms with van der Waals surface area (Å²) >= 11 is 5.78. The third-order valence-corrected chi connectivity index (χ3v) is 3.78. The molecule has 0 unspecified atom stereocenters. The summed E-state index contributed by atoms with van der Waals surface area (Å²) in [5.74, 6) is -1.06. The van der Waals surface area contributed by atoms with Crippen LogP contribution in [0.5, 0.6) is 0 Å². The number of urea groups is 1. The van der Waals surface area contributed by atoms with Crippen molar-refractivity contribution in [2.75, 3.05) is 11.9 Å². The Morgan fingerprint density at radius 3 is 2.25 bits per heavy atom. The SMILES string of the molecule is CC(C)NC(=O)NCc1ccc(C(=O)OCC(=O)Nc2ccc(Cl)cc2)cc1. The average molecular weight is 404 g/mol. The monoisotopic (exact) mass is 403 g/mol. The molecule has 0 heterocycles. The third kappa shape index (κ3) is 7.28. The molecule has 3 amide bonds. The number of hydrogen-bond donors (Lipinski definition) is 3. The Bertz CT molecular complexity index is 820. The molecule has 0 saturated carbocycles. The number of anilines is 1. The maximum Gasteiger partial charge on any atom is 0.338 e. The Morgan fingerprint density at radius 1 is 1.00 bits per heavy atom. The summed E-state index contributed by atoms with van der Waals surface area (Å²) in [6.07, 6.45) is 0. The lowest BCUT2D eigenvalue weighted by Gasteiger charge is -2.10. The van der Waals surface area contributed by atoms with E-state index in [0.29, 0.717) is 22.8 Å². The van der Waals surface area contributed by atoms with Crippen LogP contribution in [0.1, 0.15) is 29.8 Å². The van der Waals surface area contributed by atoms with Crippen molar-refractivity contribution >= 4 is 35.2 Å². The number of hydrogen-bond acceptors (Lipinski definition) is 4. The van der Waals surface area contributed by atoms with E-state index >= 15 is 0 Å². The van der Waals surface area contributed by atoms with Crippen LogP contribution in [0.4, 0.5) is 10.5 Å². The second-order valence-electron chi connectivity index (χ2n) is 6.31. The number of benzene rings is 2. The molecule has 0 spiro atoms. The number of halogens is 1. The Balaban J connectivity index is 1.78. The lowest BCUT2D eigenvalue weighted by atomic mass is 10.1. The summed E-state index contributed by atoms with van der Waals surface area (Å²) in [6, 6.07) is 13.0. The van der Waals surface area contributed by atoms with Crippen molar-refractivity contribution in [3.8, 4) is 0 Å². The molecular weight excluding hydrogens is 382 g/mol. The normalized spacial score (nSPS) is 10.3. The molecule has 0 bridgehead atoms. The van der Waals surface area contributed by atoms with Crippen molar-refractivity contribution in [1.82, 2.24) is 10.6 Å². The average Bonchev–Trinajstić information content (AvgIpc) is 2.66. The summed E-state index contributed by atoms with van der Waals surface area (Å²) in [4.78, 5) is 35.4. The Labute approximate surface area is 168 Å². The number of amides is 3. The highest BCUT2D eigenvalue weighted by molar-refractivity contribution is 6.30. The van der Waals surface area contributed by atoms with Gasteiger partial charge < -0.3 is 20.7 Å². The van der Waals surface area contributed by atoms with Crippen molar-refractivity contribution in [3.63, 3.8) is 0 Å². The summed E-state index contributed by atoms with van der Waals surface area (Å²) in [5.41, 5.74) is 1.70. The molecule has 0 fully saturated rings. The van der Waals surface area contributed by atoms with E-state index in [0.717, 1.165) is 5.56 Å². The molecule has 28 heavy (non-hydrogen) atoms. The molecule has 148 valence electrons. The molecule has 2 aromatic rings. The fourth-order valence-electron chi connectivity index (χ4n) is 2.20. The molecule has 0 aliphatic heterocycles. The van der Waals surface area contributed by atoms with Gasteiger partial charge in [0, 0.05) is 23.3 Å². The quantitative estimate of drug-likeness (QED) is 0.617. The van der Waals surface area contributed by atoms with Gasteiger partial charge in [-0.2, -0.15) is 0 Å².